The Labute approximate surface area is 107 Å². The first kappa shape index (κ1) is 12.9. The van der Waals surface area contributed by atoms with Gasteiger partial charge < -0.3 is 15.2 Å². The van der Waals surface area contributed by atoms with Gasteiger partial charge >= 0.3 is 0 Å². The Kier molecular flexibility index (Phi) is 4.20. The summed E-state index contributed by atoms with van der Waals surface area (Å²) in [7, 11) is 0. The third-order valence-electron chi connectivity index (χ3n) is 3.33. The van der Waals surface area contributed by atoms with Gasteiger partial charge in [-0.2, -0.15) is 0 Å². The lowest BCUT2D eigenvalue weighted by molar-refractivity contribution is -0.124. The predicted molar refractivity (Wildman–Crippen MR) is 68.6 cm³/mol. The first-order valence-electron chi connectivity index (χ1n) is 6.39. The van der Waals surface area contributed by atoms with Gasteiger partial charge in [-0.1, -0.05) is 25.1 Å². The van der Waals surface area contributed by atoms with Crippen LogP contribution < -0.4 is 10.1 Å². The van der Waals surface area contributed by atoms with Crippen molar-refractivity contribution in [3.05, 3.63) is 29.8 Å². The van der Waals surface area contributed by atoms with Crippen LogP contribution in [-0.2, 0) is 4.79 Å². The number of nitrogens with one attached hydrogen (secondary N) is 1. The summed E-state index contributed by atoms with van der Waals surface area (Å²) in [4.78, 5) is 12.2. The second-order valence-electron chi connectivity index (χ2n) is 4.52. The van der Waals surface area contributed by atoms with Crippen LogP contribution in [-0.4, -0.2) is 30.3 Å². The lowest BCUT2D eigenvalue weighted by Crippen LogP contribution is -2.41. The maximum Gasteiger partial charge on any atom is 0.228 e. The van der Waals surface area contributed by atoms with Crippen LogP contribution in [0.2, 0.25) is 0 Å². The van der Waals surface area contributed by atoms with E-state index in [1.165, 1.54) is 0 Å². The lowest BCUT2D eigenvalue weighted by Gasteiger charge is -2.26. The summed E-state index contributed by atoms with van der Waals surface area (Å²) in [6.07, 6.45) is 1.41. The first-order valence-corrected chi connectivity index (χ1v) is 6.39. The number of ether oxygens (including phenoxy) is 1. The van der Waals surface area contributed by atoms with Crippen LogP contribution in [0.5, 0.6) is 5.75 Å². The van der Waals surface area contributed by atoms with Crippen molar-refractivity contribution in [2.45, 2.75) is 31.7 Å². The fraction of sp³-hybridized carbons (Fsp3) is 0.500. The van der Waals surface area contributed by atoms with Crippen LogP contribution in [0.4, 0.5) is 0 Å². The van der Waals surface area contributed by atoms with E-state index in [2.05, 4.69) is 5.32 Å². The predicted octanol–water partition coefficient (Wildman–Crippen LogP) is 1.44. The molecule has 4 nitrogen and oxygen atoms in total. The van der Waals surface area contributed by atoms with Gasteiger partial charge in [-0.15, -0.1) is 0 Å². The van der Waals surface area contributed by atoms with E-state index in [0.29, 0.717) is 13.0 Å². The number of carbonyl (C=O) groups excluding carboxylic acids is 1. The quantitative estimate of drug-likeness (QED) is 0.849. The van der Waals surface area contributed by atoms with E-state index in [9.17, 15) is 4.79 Å². The summed E-state index contributed by atoms with van der Waals surface area (Å²) in [5.41, 5.74) is 0.939. The standard InChI is InChI=1S/C14H19NO3/c1-2-10(9-16)15-14(17)12-7-8-18-13-6-4-3-5-11(12)13/h3-6,10,12,16H,2,7-9H2,1H3,(H,15,17)/t10-,12?/m1/s1. The molecule has 98 valence electrons. The molecule has 0 fully saturated rings. The Balaban J connectivity index is 2.12. The van der Waals surface area contributed by atoms with Crippen molar-refractivity contribution in [3.8, 4) is 5.75 Å². The van der Waals surface area contributed by atoms with Crippen LogP contribution in [0.25, 0.3) is 0 Å². The maximum absolute atomic E-state index is 12.2. The van der Waals surface area contributed by atoms with Gasteiger partial charge in [0.1, 0.15) is 5.75 Å². The lowest BCUT2D eigenvalue weighted by atomic mass is 9.92. The van der Waals surface area contributed by atoms with Crippen molar-refractivity contribution in [2.75, 3.05) is 13.2 Å². The molecule has 2 N–H and O–H groups in total. The normalized spacial score (nSPS) is 19.6. The molecule has 1 aromatic rings. The smallest absolute Gasteiger partial charge is 0.228 e. The van der Waals surface area contributed by atoms with Crippen molar-refractivity contribution in [3.63, 3.8) is 0 Å². The summed E-state index contributed by atoms with van der Waals surface area (Å²) in [6, 6.07) is 7.47. The fourth-order valence-corrected chi connectivity index (χ4v) is 2.19. The molecular formula is C14H19NO3. The zero-order valence-corrected chi connectivity index (χ0v) is 10.6. The van der Waals surface area contributed by atoms with Gasteiger partial charge in [-0.25, -0.2) is 0 Å². The highest BCUT2D eigenvalue weighted by atomic mass is 16.5. The molecule has 4 heteroatoms. The third-order valence-corrected chi connectivity index (χ3v) is 3.33. The molecule has 18 heavy (non-hydrogen) atoms. The second-order valence-corrected chi connectivity index (χ2v) is 4.52. The molecule has 1 heterocycles. The van der Waals surface area contributed by atoms with E-state index >= 15 is 0 Å². The van der Waals surface area contributed by atoms with Crippen molar-refractivity contribution in [1.82, 2.24) is 5.32 Å². The van der Waals surface area contributed by atoms with E-state index in [-0.39, 0.29) is 24.5 Å². The zero-order chi connectivity index (χ0) is 13.0. The van der Waals surface area contributed by atoms with Crippen LogP contribution >= 0.6 is 0 Å². The van der Waals surface area contributed by atoms with E-state index < -0.39 is 0 Å². The minimum absolute atomic E-state index is 0.0207. The highest BCUT2D eigenvalue weighted by Crippen LogP contribution is 2.33. The molecule has 0 radical (unpaired) electrons. The van der Waals surface area contributed by atoms with Crippen LogP contribution in [0, 0.1) is 0 Å². The SMILES string of the molecule is CC[C@H](CO)NC(=O)C1CCOc2ccccc21. The number of benzene rings is 1. The summed E-state index contributed by atoms with van der Waals surface area (Å²) in [5, 5.41) is 12.0. The molecule has 2 atom stereocenters. The molecule has 1 aliphatic rings. The summed E-state index contributed by atoms with van der Waals surface area (Å²) < 4.78 is 5.53. The molecule has 0 saturated carbocycles. The number of rotatable bonds is 4. The topological polar surface area (TPSA) is 58.6 Å². The van der Waals surface area contributed by atoms with Gasteiger partial charge in [0.25, 0.3) is 0 Å². The minimum Gasteiger partial charge on any atom is -0.493 e. The van der Waals surface area contributed by atoms with E-state index in [1.807, 2.05) is 31.2 Å². The summed E-state index contributed by atoms with van der Waals surface area (Å²) >= 11 is 0. The van der Waals surface area contributed by atoms with Crippen LogP contribution in [0.1, 0.15) is 31.2 Å². The molecule has 1 aromatic carbocycles. The molecule has 1 amide bonds. The van der Waals surface area contributed by atoms with E-state index in [0.717, 1.165) is 17.7 Å². The van der Waals surface area contributed by atoms with Gasteiger partial charge in [0, 0.05) is 5.56 Å². The largest absolute Gasteiger partial charge is 0.493 e. The van der Waals surface area contributed by atoms with Crippen LogP contribution in [0.3, 0.4) is 0 Å². The first-order chi connectivity index (χ1) is 8.76. The zero-order valence-electron chi connectivity index (χ0n) is 10.6. The highest BCUT2D eigenvalue weighted by molar-refractivity contribution is 5.85. The highest BCUT2D eigenvalue weighted by Gasteiger charge is 2.28. The van der Waals surface area contributed by atoms with Crippen molar-refractivity contribution >= 4 is 5.91 Å². The van der Waals surface area contributed by atoms with Gasteiger partial charge in [0.15, 0.2) is 0 Å². The number of hydrogen-bond acceptors (Lipinski definition) is 3. The molecule has 1 unspecified atom stereocenters. The number of carbonyl (C=O) groups is 1. The number of hydrogen-bond donors (Lipinski definition) is 2. The number of amides is 1. The molecule has 1 aliphatic heterocycles. The van der Waals surface area contributed by atoms with Crippen LogP contribution in [0.15, 0.2) is 24.3 Å². The van der Waals surface area contributed by atoms with Gasteiger partial charge in [-0.05, 0) is 18.9 Å². The van der Waals surface area contributed by atoms with E-state index in [4.69, 9.17) is 9.84 Å². The van der Waals surface area contributed by atoms with E-state index in [1.54, 1.807) is 0 Å². The molecule has 0 aromatic heterocycles. The number of aliphatic hydroxyl groups is 1. The minimum atomic E-state index is -0.171. The number of fused-ring (bicyclic) bond motifs is 1. The fourth-order valence-electron chi connectivity index (χ4n) is 2.19. The molecule has 0 spiro atoms. The summed E-state index contributed by atoms with van der Waals surface area (Å²) in [6.45, 7) is 2.48. The van der Waals surface area contributed by atoms with Crippen molar-refractivity contribution < 1.29 is 14.6 Å². The Morgan fingerprint density at radius 1 is 1.56 bits per heavy atom. The molecular weight excluding hydrogens is 230 g/mol. The summed E-state index contributed by atoms with van der Waals surface area (Å²) in [5.74, 6) is 0.600. The second kappa shape index (κ2) is 5.87. The van der Waals surface area contributed by atoms with Gasteiger partial charge in [0.2, 0.25) is 5.91 Å². The molecule has 0 aliphatic carbocycles. The number of para-hydroxylation sites is 1. The van der Waals surface area contributed by atoms with Crippen molar-refractivity contribution in [1.29, 1.82) is 0 Å². The van der Waals surface area contributed by atoms with Gasteiger partial charge in [-0.3, -0.25) is 4.79 Å². The molecule has 0 saturated heterocycles. The Bertz CT molecular complexity index is 415. The third kappa shape index (κ3) is 2.64. The monoisotopic (exact) mass is 249 g/mol. The van der Waals surface area contributed by atoms with Gasteiger partial charge in [0.05, 0.1) is 25.2 Å². The van der Waals surface area contributed by atoms with Crippen molar-refractivity contribution in [2.24, 2.45) is 0 Å². The Morgan fingerprint density at radius 2 is 2.33 bits per heavy atom. The molecule has 0 bridgehead atoms. The average molecular weight is 249 g/mol. The Morgan fingerprint density at radius 3 is 3.06 bits per heavy atom. The number of aliphatic hydroxyl groups excluding tert-OH is 1. The average Bonchev–Trinajstić information content (AvgIpc) is 2.43. The maximum atomic E-state index is 12.2. The molecule has 2 rings (SSSR count). The Hall–Kier alpha value is -1.55.